The summed E-state index contributed by atoms with van der Waals surface area (Å²) in [6, 6.07) is 9.38. The highest BCUT2D eigenvalue weighted by Gasteiger charge is 2.26. The minimum Gasteiger partial charge on any atom is -0.451 e. The molecule has 2 N–H and O–H groups in total. The zero-order valence-electron chi connectivity index (χ0n) is 10.5. The lowest BCUT2D eigenvalue weighted by molar-refractivity contribution is -0.0176. The Hall–Kier alpha value is -1.85. The number of fused-ring (bicyclic) bond motifs is 1. The zero-order chi connectivity index (χ0) is 13.2. The highest BCUT2D eigenvalue weighted by molar-refractivity contribution is 5.96. The average Bonchev–Trinajstić information content (AvgIpc) is 2.90. The van der Waals surface area contributed by atoms with Crippen molar-refractivity contribution < 1.29 is 13.9 Å². The lowest BCUT2D eigenvalue weighted by Gasteiger charge is -2.31. The summed E-state index contributed by atoms with van der Waals surface area (Å²) in [7, 11) is 0. The van der Waals surface area contributed by atoms with E-state index in [1.165, 1.54) is 0 Å². The van der Waals surface area contributed by atoms with Gasteiger partial charge in [-0.3, -0.25) is 4.79 Å². The van der Waals surface area contributed by atoms with Crippen LogP contribution in [0.3, 0.4) is 0 Å². The number of hydrogen-bond donors (Lipinski definition) is 1. The predicted octanol–water partition coefficient (Wildman–Crippen LogP) is 1.23. The first-order valence-corrected chi connectivity index (χ1v) is 6.37. The van der Waals surface area contributed by atoms with Crippen molar-refractivity contribution in [1.82, 2.24) is 4.90 Å². The molecule has 1 amide bonds. The highest BCUT2D eigenvalue weighted by atomic mass is 16.5. The first-order valence-electron chi connectivity index (χ1n) is 6.37. The Kier molecular flexibility index (Phi) is 3.23. The van der Waals surface area contributed by atoms with Crippen molar-refractivity contribution in [3.8, 4) is 0 Å². The quantitative estimate of drug-likeness (QED) is 0.881. The van der Waals surface area contributed by atoms with Crippen LogP contribution in [0, 0.1) is 0 Å². The lowest BCUT2D eigenvalue weighted by atomic mass is 10.2. The van der Waals surface area contributed by atoms with Gasteiger partial charge in [0, 0.05) is 25.0 Å². The van der Waals surface area contributed by atoms with Crippen LogP contribution in [0.25, 0.3) is 11.0 Å². The molecule has 1 atom stereocenters. The molecule has 0 radical (unpaired) electrons. The lowest BCUT2D eigenvalue weighted by Crippen LogP contribution is -2.48. The van der Waals surface area contributed by atoms with Crippen molar-refractivity contribution in [3.05, 3.63) is 36.1 Å². The molecular weight excluding hydrogens is 244 g/mol. The second-order valence-electron chi connectivity index (χ2n) is 4.63. The third kappa shape index (κ3) is 2.34. The van der Waals surface area contributed by atoms with Gasteiger partial charge in [-0.2, -0.15) is 0 Å². The number of carbonyl (C=O) groups is 1. The number of ether oxygens (including phenoxy) is 1. The molecule has 1 unspecified atom stereocenters. The topological polar surface area (TPSA) is 68.7 Å². The summed E-state index contributed by atoms with van der Waals surface area (Å²) in [4.78, 5) is 14.1. The van der Waals surface area contributed by atoms with E-state index >= 15 is 0 Å². The molecule has 1 aliphatic heterocycles. The van der Waals surface area contributed by atoms with Crippen molar-refractivity contribution in [1.29, 1.82) is 0 Å². The normalized spacial score (nSPS) is 19.8. The van der Waals surface area contributed by atoms with Crippen molar-refractivity contribution in [3.63, 3.8) is 0 Å². The molecule has 5 heteroatoms. The van der Waals surface area contributed by atoms with Gasteiger partial charge < -0.3 is 19.8 Å². The van der Waals surface area contributed by atoms with E-state index in [1.54, 1.807) is 11.0 Å². The number of hydrogen-bond acceptors (Lipinski definition) is 4. The summed E-state index contributed by atoms with van der Waals surface area (Å²) in [6.07, 6.45) is -0.0814. The molecular formula is C14H16N2O3. The van der Waals surface area contributed by atoms with Gasteiger partial charge in [-0.15, -0.1) is 0 Å². The molecule has 1 aliphatic rings. The molecule has 1 saturated heterocycles. The molecule has 0 spiro atoms. The maximum atomic E-state index is 12.4. The van der Waals surface area contributed by atoms with Crippen LogP contribution < -0.4 is 5.73 Å². The molecule has 0 saturated carbocycles. The Morgan fingerprint density at radius 2 is 2.26 bits per heavy atom. The molecule has 0 aliphatic carbocycles. The Morgan fingerprint density at radius 3 is 3.05 bits per heavy atom. The molecule has 0 bridgehead atoms. The number of amides is 1. The Morgan fingerprint density at radius 1 is 1.42 bits per heavy atom. The molecule has 2 aromatic rings. The number of nitrogens with two attached hydrogens (primary N) is 1. The molecule has 1 fully saturated rings. The fourth-order valence-electron chi connectivity index (χ4n) is 2.29. The van der Waals surface area contributed by atoms with Crippen LogP contribution in [0.4, 0.5) is 0 Å². The van der Waals surface area contributed by atoms with Crippen LogP contribution in [-0.2, 0) is 4.74 Å². The summed E-state index contributed by atoms with van der Waals surface area (Å²) in [5.41, 5.74) is 6.31. The summed E-state index contributed by atoms with van der Waals surface area (Å²) >= 11 is 0. The third-order valence-electron chi connectivity index (χ3n) is 3.33. The predicted molar refractivity (Wildman–Crippen MR) is 70.9 cm³/mol. The number of carbonyl (C=O) groups excluding carboxylic acids is 1. The van der Waals surface area contributed by atoms with E-state index in [1.807, 2.05) is 24.3 Å². The Balaban J connectivity index is 1.82. The fraction of sp³-hybridized carbons (Fsp3) is 0.357. The SMILES string of the molecule is NCC1CN(C(=O)c2cc3ccccc3o2)CCO1. The number of benzene rings is 1. The molecule has 1 aromatic heterocycles. The number of nitrogens with zero attached hydrogens (tertiary/aromatic N) is 1. The van der Waals surface area contributed by atoms with E-state index in [4.69, 9.17) is 14.9 Å². The number of para-hydroxylation sites is 1. The highest BCUT2D eigenvalue weighted by Crippen LogP contribution is 2.20. The maximum absolute atomic E-state index is 12.4. The van der Waals surface area contributed by atoms with Crippen LogP contribution in [0.1, 0.15) is 10.6 Å². The minimum atomic E-state index is -0.0991. The van der Waals surface area contributed by atoms with E-state index in [0.717, 1.165) is 11.0 Å². The minimum absolute atomic E-state index is 0.0814. The van der Waals surface area contributed by atoms with Crippen molar-refractivity contribution in [2.45, 2.75) is 6.10 Å². The molecule has 5 nitrogen and oxygen atoms in total. The number of morpholine rings is 1. The van der Waals surface area contributed by atoms with E-state index in [0.29, 0.717) is 32.0 Å². The monoisotopic (exact) mass is 260 g/mol. The van der Waals surface area contributed by atoms with Gasteiger partial charge in [0.1, 0.15) is 5.58 Å². The van der Waals surface area contributed by atoms with Crippen LogP contribution in [0.2, 0.25) is 0 Å². The molecule has 19 heavy (non-hydrogen) atoms. The van der Waals surface area contributed by atoms with Gasteiger partial charge in [0.05, 0.1) is 12.7 Å². The average molecular weight is 260 g/mol. The first-order chi connectivity index (χ1) is 9.28. The van der Waals surface area contributed by atoms with Gasteiger partial charge in [0.15, 0.2) is 5.76 Å². The van der Waals surface area contributed by atoms with Crippen LogP contribution >= 0.6 is 0 Å². The van der Waals surface area contributed by atoms with Crippen molar-refractivity contribution in [2.75, 3.05) is 26.2 Å². The standard InChI is InChI=1S/C14H16N2O3/c15-8-11-9-16(5-6-18-11)14(17)13-7-10-3-1-2-4-12(10)19-13/h1-4,7,11H,5-6,8-9,15H2. The van der Waals surface area contributed by atoms with Gasteiger partial charge >= 0.3 is 0 Å². The third-order valence-corrected chi connectivity index (χ3v) is 3.33. The molecule has 2 heterocycles. The van der Waals surface area contributed by atoms with Crippen molar-refractivity contribution >= 4 is 16.9 Å². The van der Waals surface area contributed by atoms with Crippen LogP contribution in [0.15, 0.2) is 34.7 Å². The number of rotatable bonds is 2. The largest absolute Gasteiger partial charge is 0.451 e. The van der Waals surface area contributed by atoms with E-state index in [9.17, 15) is 4.79 Å². The second-order valence-corrected chi connectivity index (χ2v) is 4.63. The summed E-state index contributed by atoms with van der Waals surface area (Å²) in [6.45, 7) is 2.04. The maximum Gasteiger partial charge on any atom is 0.289 e. The van der Waals surface area contributed by atoms with Gasteiger partial charge in [0.2, 0.25) is 0 Å². The second kappa shape index (κ2) is 5.03. The molecule has 1 aromatic carbocycles. The van der Waals surface area contributed by atoms with Crippen LogP contribution in [0.5, 0.6) is 0 Å². The van der Waals surface area contributed by atoms with Gasteiger partial charge in [-0.05, 0) is 12.1 Å². The van der Waals surface area contributed by atoms with Gasteiger partial charge in [-0.1, -0.05) is 18.2 Å². The van der Waals surface area contributed by atoms with E-state index in [-0.39, 0.29) is 12.0 Å². The summed E-state index contributed by atoms with van der Waals surface area (Å²) in [5, 5.41) is 0.939. The number of furan rings is 1. The molecule has 100 valence electrons. The molecule has 3 rings (SSSR count). The van der Waals surface area contributed by atoms with Crippen LogP contribution in [-0.4, -0.2) is 43.2 Å². The van der Waals surface area contributed by atoms with Crippen molar-refractivity contribution in [2.24, 2.45) is 5.73 Å². The van der Waals surface area contributed by atoms with Gasteiger partial charge in [-0.25, -0.2) is 0 Å². The zero-order valence-corrected chi connectivity index (χ0v) is 10.5. The smallest absolute Gasteiger partial charge is 0.289 e. The fourth-order valence-corrected chi connectivity index (χ4v) is 2.29. The first kappa shape index (κ1) is 12.2. The summed E-state index contributed by atoms with van der Waals surface area (Å²) in [5.74, 6) is 0.275. The van der Waals surface area contributed by atoms with E-state index in [2.05, 4.69) is 0 Å². The Labute approximate surface area is 110 Å². The Bertz CT molecular complexity index is 560. The van der Waals surface area contributed by atoms with E-state index < -0.39 is 0 Å². The van der Waals surface area contributed by atoms with Gasteiger partial charge in [0.25, 0.3) is 5.91 Å². The summed E-state index contributed by atoms with van der Waals surface area (Å²) < 4.78 is 11.0.